The van der Waals surface area contributed by atoms with Crippen LogP contribution in [-0.2, 0) is 4.79 Å². The zero-order chi connectivity index (χ0) is 21.5. The van der Waals surface area contributed by atoms with E-state index in [1.807, 2.05) is 12.5 Å². The molecule has 4 saturated carbocycles. The van der Waals surface area contributed by atoms with E-state index in [0.717, 1.165) is 40.4 Å². The Morgan fingerprint density at radius 2 is 1.87 bits per heavy atom. The van der Waals surface area contributed by atoms with Crippen molar-refractivity contribution >= 4 is 23.8 Å². The fourth-order valence-corrected chi connectivity index (χ4v) is 8.98. The quantitative estimate of drug-likeness (QED) is 0.497. The number of carbonyl (C=O) groups is 1. The van der Waals surface area contributed by atoms with E-state index in [1.54, 1.807) is 0 Å². The zero-order valence-electron chi connectivity index (χ0n) is 19.5. The molecule has 4 heteroatoms. The third kappa shape index (κ3) is 3.91. The Hall–Kier alpha value is -0.770. The Morgan fingerprint density at radius 1 is 1.10 bits per heavy atom. The molecule has 4 fully saturated rings. The van der Waals surface area contributed by atoms with Crippen LogP contribution in [0.3, 0.4) is 0 Å². The van der Waals surface area contributed by atoms with E-state index in [4.69, 9.17) is 5.41 Å². The Balaban J connectivity index is 1.46. The van der Waals surface area contributed by atoms with Gasteiger partial charge in [-0.1, -0.05) is 27.2 Å². The van der Waals surface area contributed by atoms with E-state index in [0.29, 0.717) is 18.2 Å². The van der Waals surface area contributed by atoms with Crippen molar-refractivity contribution in [3.05, 3.63) is 11.1 Å². The van der Waals surface area contributed by atoms with Crippen LogP contribution < -0.4 is 5.32 Å². The maximum atomic E-state index is 13.3. The number of ketones is 1. The van der Waals surface area contributed by atoms with Crippen molar-refractivity contribution in [3.63, 3.8) is 0 Å². The van der Waals surface area contributed by atoms with Crippen molar-refractivity contribution in [3.8, 4) is 0 Å². The molecule has 0 aliphatic heterocycles. The van der Waals surface area contributed by atoms with Gasteiger partial charge in [0.05, 0.1) is 6.54 Å². The minimum Gasteiger partial charge on any atom is -0.383 e. The molecule has 0 saturated heterocycles. The molecule has 0 aromatic heterocycles. The van der Waals surface area contributed by atoms with Crippen LogP contribution >= 0.6 is 11.8 Å². The first kappa shape index (κ1) is 22.4. The highest BCUT2D eigenvalue weighted by molar-refractivity contribution is 8.03. The van der Waals surface area contributed by atoms with Gasteiger partial charge in [-0.3, -0.25) is 4.79 Å². The number of fused-ring (bicyclic) bond motifs is 5. The van der Waals surface area contributed by atoms with Crippen LogP contribution in [0.15, 0.2) is 11.1 Å². The summed E-state index contributed by atoms with van der Waals surface area (Å²) >= 11 is 1.54. The van der Waals surface area contributed by atoms with E-state index in [1.165, 1.54) is 69.3 Å². The molecule has 0 radical (unpaired) electrons. The molecule has 2 N–H and O–H groups in total. The fourth-order valence-electron chi connectivity index (χ4n) is 8.66. The molecule has 0 aromatic rings. The second kappa shape index (κ2) is 9.00. The predicted octanol–water partition coefficient (Wildman–Crippen LogP) is 6.15. The molecule has 4 aliphatic rings. The van der Waals surface area contributed by atoms with Gasteiger partial charge in [-0.25, -0.2) is 0 Å². The van der Waals surface area contributed by atoms with Gasteiger partial charge in [-0.15, -0.1) is 11.8 Å². The number of hydrogen-bond acceptors (Lipinski definition) is 4. The lowest BCUT2D eigenvalue weighted by Crippen LogP contribution is -2.50. The average molecular weight is 431 g/mol. The van der Waals surface area contributed by atoms with Gasteiger partial charge in [-0.05, 0) is 98.0 Å². The number of nitrogens with one attached hydrogen (secondary N) is 2. The van der Waals surface area contributed by atoms with Gasteiger partial charge in [0.15, 0.2) is 5.78 Å². The second-order valence-electron chi connectivity index (χ2n) is 11.3. The van der Waals surface area contributed by atoms with Crippen LogP contribution in [0.5, 0.6) is 0 Å². The van der Waals surface area contributed by atoms with Crippen molar-refractivity contribution in [1.82, 2.24) is 5.32 Å². The largest absolute Gasteiger partial charge is 0.383 e. The molecule has 30 heavy (non-hydrogen) atoms. The van der Waals surface area contributed by atoms with Crippen LogP contribution in [0.1, 0.15) is 72.1 Å². The molecule has 168 valence electrons. The highest BCUT2D eigenvalue weighted by Gasteiger charge is 2.60. The third-order valence-corrected chi connectivity index (χ3v) is 10.5. The Labute approximate surface area is 188 Å². The van der Waals surface area contributed by atoms with Crippen LogP contribution in [0, 0.1) is 58.2 Å². The van der Waals surface area contributed by atoms with Crippen LogP contribution in [0.2, 0.25) is 0 Å². The molecule has 4 aliphatic carbocycles. The maximum Gasteiger partial charge on any atom is 0.155 e. The first-order chi connectivity index (χ1) is 14.4. The van der Waals surface area contributed by atoms with Crippen molar-refractivity contribution in [1.29, 1.82) is 5.41 Å². The fraction of sp³-hybridized carbons (Fsp3) is 0.846. The van der Waals surface area contributed by atoms with Gasteiger partial charge in [0.1, 0.15) is 0 Å². The molecule has 0 aromatic carbocycles. The second-order valence-corrected chi connectivity index (χ2v) is 12.2. The normalized spacial score (nSPS) is 45.8. The number of thioether (sulfide) groups is 1. The number of Topliss-reactive ketones (excluding diaryl/α,β-unsaturated/α-hetero) is 1. The predicted molar refractivity (Wildman–Crippen MR) is 128 cm³/mol. The molecular formula is C26H42N2OS. The van der Waals surface area contributed by atoms with Gasteiger partial charge in [0.2, 0.25) is 0 Å². The highest BCUT2D eigenvalue weighted by atomic mass is 32.2. The summed E-state index contributed by atoms with van der Waals surface area (Å²) in [7, 11) is 0. The molecule has 0 heterocycles. The van der Waals surface area contributed by atoms with Gasteiger partial charge in [0.25, 0.3) is 0 Å². The van der Waals surface area contributed by atoms with Crippen molar-refractivity contribution in [2.45, 2.75) is 72.1 Å². The average Bonchev–Trinajstić information content (AvgIpc) is 3.00. The monoisotopic (exact) mass is 430 g/mol. The molecule has 0 bridgehead atoms. The maximum absolute atomic E-state index is 13.3. The lowest BCUT2D eigenvalue weighted by Gasteiger charge is -2.56. The Morgan fingerprint density at radius 3 is 2.60 bits per heavy atom. The van der Waals surface area contributed by atoms with Crippen molar-refractivity contribution in [2.24, 2.45) is 52.8 Å². The smallest absolute Gasteiger partial charge is 0.155 e. The number of allylic oxidation sites excluding steroid dienone is 1. The van der Waals surface area contributed by atoms with E-state index >= 15 is 0 Å². The zero-order valence-corrected chi connectivity index (χ0v) is 20.3. The van der Waals surface area contributed by atoms with E-state index in [9.17, 15) is 4.79 Å². The Bertz CT molecular complexity index is 691. The van der Waals surface area contributed by atoms with E-state index in [-0.39, 0.29) is 11.3 Å². The van der Waals surface area contributed by atoms with Crippen LogP contribution in [0.25, 0.3) is 0 Å². The van der Waals surface area contributed by atoms with Crippen LogP contribution in [-0.4, -0.2) is 24.8 Å². The molecule has 4 rings (SSSR count). The third-order valence-electron chi connectivity index (χ3n) is 9.81. The SMILES string of the molecule is CS/C(C=N)=C/NCC(=O)C1C(C)CC2C3CCC4CC(C)CCC4C3CCC21C. The first-order valence-electron chi connectivity index (χ1n) is 12.4. The summed E-state index contributed by atoms with van der Waals surface area (Å²) in [6.07, 6.45) is 16.3. The Kier molecular flexibility index (Phi) is 6.73. The summed E-state index contributed by atoms with van der Waals surface area (Å²) < 4.78 is 0. The summed E-state index contributed by atoms with van der Waals surface area (Å²) in [5.74, 6) is 6.56. The van der Waals surface area contributed by atoms with Gasteiger partial charge in [0, 0.05) is 23.2 Å². The minimum atomic E-state index is 0.196. The van der Waals surface area contributed by atoms with Crippen molar-refractivity contribution < 1.29 is 4.79 Å². The number of carbonyl (C=O) groups excluding carboxylic acids is 1. The summed E-state index contributed by atoms with van der Waals surface area (Å²) in [5, 5.41) is 10.6. The summed E-state index contributed by atoms with van der Waals surface area (Å²) in [5.41, 5.74) is 0.196. The van der Waals surface area contributed by atoms with Gasteiger partial charge < -0.3 is 10.7 Å². The molecule has 9 unspecified atom stereocenters. The first-order valence-corrected chi connectivity index (χ1v) is 13.6. The lowest BCUT2D eigenvalue weighted by atomic mass is 9.49. The summed E-state index contributed by atoms with van der Waals surface area (Å²) in [6, 6.07) is 0. The molecule has 0 amide bonds. The number of rotatable bonds is 6. The molecule has 9 atom stereocenters. The molecular weight excluding hydrogens is 388 g/mol. The van der Waals surface area contributed by atoms with Crippen LogP contribution in [0.4, 0.5) is 0 Å². The standard InChI is InChI=1S/C26H42N2OS/c1-16-5-7-20-18(11-16)6-8-22-21(20)9-10-26(3)23(22)12-17(2)25(26)24(29)15-28-14-19(13-27)30-4/h13-14,16-18,20-23,25,27-28H,5-12,15H2,1-4H3/b19-14+,27-13?. The van der Waals surface area contributed by atoms with Gasteiger partial charge in [-0.2, -0.15) is 0 Å². The van der Waals surface area contributed by atoms with Crippen molar-refractivity contribution in [2.75, 3.05) is 12.8 Å². The molecule has 3 nitrogen and oxygen atoms in total. The topological polar surface area (TPSA) is 53.0 Å². The van der Waals surface area contributed by atoms with Gasteiger partial charge >= 0.3 is 0 Å². The molecule has 0 spiro atoms. The minimum absolute atomic E-state index is 0.196. The number of hydrogen-bond donors (Lipinski definition) is 2. The highest BCUT2D eigenvalue weighted by Crippen LogP contribution is 2.65. The lowest BCUT2D eigenvalue weighted by molar-refractivity contribution is -0.130. The summed E-state index contributed by atoms with van der Waals surface area (Å²) in [6.45, 7) is 7.68. The van der Waals surface area contributed by atoms with E-state index in [2.05, 4.69) is 26.1 Å². The van der Waals surface area contributed by atoms with E-state index < -0.39 is 0 Å². The summed E-state index contributed by atoms with van der Waals surface area (Å²) in [4.78, 5) is 14.2.